The van der Waals surface area contributed by atoms with E-state index in [9.17, 15) is 9.59 Å². The number of aromatic nitrogens is 4. The lowest BCUT2D eigenvalue weighted by molar-refractivity contribution is -0.149. The standard InChI is InChI=1S/C32H54N6O4/c1-4-6-7-8-9-10-11-12-13-14-15-16-17-18-28(39)42-23-26(19-20-41-31(40)29(33)25(3)5-2)22-38-24-36-27-21-35-32(34)37-30(27)38/h10-11,21,24-26,29H,4-9,12-20,22-23,33H2,1-3H3,(H2,34,35,37)/b11-10+/t25?,26-,29+/m1/s1. The zero-order chi connectivity index (χ0) is 30.6. The van der Waals surface area contributed by atoms with Gasteiger partial charge in [0.25, 0.3) is 0 Å². The van der Waals surface area contributed by atoms with E-state index < -0.39 is 12.0 Å². The number of anilines is 1. The molecule has 2 rings (SSSR count). The summed E-state index contributed by atoms with van der Waals surface area (Å²) in [5.74, 6) is -0.529. The molecule has 3 atom stereocenters. The third-order valence-electron chi connectivity index (χ3n) is 7.75. The molecule has 1 unspecified atom stereocenters. The SMILES string of the molecule is CCCCCC/C=C/CCCCCCCC(=O)OC[C@H](CCOC(=O)[C@@H](N)C(C)CC)Cn1cnc2cnc(N)nc21. The van der Waals surface area contributed by atoms with Gasteiger partial charge in [-0.3, -0.25) is 9.59 Å². The third-order valence-corrected chi connectivity index (χ3v) is 7.75. The van der Waals surface area contributed by atoms with Gasteiger partial charge in [0.15, 0.2) is 5.65 Å². The monoisotopic (exact) mass is 586 g/mol. The minimum atomic E-state index is -0.652. The number of nitrogen functional groups attached to an aromatic ring is 1. The molecule has 2 aromatic heterocycles. The zero-order valence-corrected chi connectivity index (χ0v) is 26.1. The van der Waals surface area contributed by atoms with Crippen LogP contribution in [0.3, 0.4) is 0 Å². The van der Waals surface area contributed by atoms with Crippen LogP contribution in [0.4, 0.5) is 5.95 Å². The van der Waals surface area contributed by atoms with Crippen molar-refractivity contribution in [2.45, 2.75) is 123 Å². The van der Waals surface area contributed by atoms with Crippen LogP contribution >= 0.6 is 0 Å². The fraction of sp³-hybridized carbons (Fsp3) is 0.719. The number of rotatable bonds is 23. The molecule has 2 aromatic rings. The second kappa shape index (κ2) is 20.8. The van der Waals surface area contributed by atoms with E-state index in [-0.39, 0.29) is 37.0 Å². The first kappa shape index (κ1) is 35.2. The summed E-state index contributed by atoms with van der Waals surface area (Å²) in [6.07, 6.45) is 22.5. The van der Waals surface area contributed by atoms with Crippen LogP contribution in [-0.4, -0.2) is 50.7 Å². The number of carbonyl (C=O) groups is 2. The quantitative estimate of drug-likeness (QED) is 0.0890. The minimum Gasteiger partial charge on any atom is -0.465 e. The van der Waals surface area contributed by atoms with Crippen molar-refractivity contribution in [2.24, 2.45) is 17.6 Å². The maximum absolute atomic E-state index is 12.5. The molecule has 10 heteroatoms. The number of hydrogen-bond acceptors (Lipinski definition) is 9. The number of unbranched alkanes of at least 4 members (excludes halogenated alkanes) is 9. The Morgan fingerprint density at radius 2 is 1.67 bits per heavy atom. The predicted octanol–water partition coefficient (Wildman–Crippen LogP) is 6.13. The van der Waals surface area contributed by atoms with E-state index >= 15 is 0 Å². The van der Waals surface area contributed by atoms with Crippen molar-refractivity contribution in [1.82, 2.24) is 19.5 Å². The third kappa shape index (κ3) is 13.8. The largest absolute Gasteiger partial charge is 0.465 e. The van der Waals surface area contributed by atoms with Gasteiger partial charge in [0.2, 0.25) is 5.95 Å². The van der Waals surface area contributed by atoms with Crippen LogP contribution in [0.1, 0.15) is 111 Å². The van der Waals surface area contributed by atoms with Gasteiger partial charge >= 0.3 is 11.9 Å². The second-order valence-electron chi connectivity index (χ2n) is 11.4. The first-order valence-corrected chi connectivity index (χ1v) is 16.0. The number of esters is 2. The Morgan fingerprint density at radius 3 is 2.38 bits per heavy atom. The molecular weight excluding hydrogens is 532 g/mol. The van der Waals surface area contributed by atoms with Crippen molar-refractivity contribution in [3.63, 3.8) is 0 Å². The summed E-state index contributed by atoms with van der Waals surface area (Å²) in [6.45, 7) is 7.03. The normalized spacial score (nSPS) is 13.8. The van der Waals surface area contributed by atoms with Gasteiger partial charge in [-0.15, -0.1) is 0 Å². The molecule has 2 heterocycles. The first-order valence-electron chi connectivity index (χ1n) is 16.0. The number of ether oxygens (including phenoxy) is 2. The lowest BCUT2D eigenvalue weighted by Crippen LogP contribution is -2.38. The highest BCUT2D eigenvalue weighted by atomic mass is 16.5. The molecule has 236 valence electrons. The van der Waals surface area contributed by atoms with Crippen LogP contribution < -0.4 is 11.5 Å². The lowest BCUT2D eigenvalue weighted by atomic mass is 10.0. The molecule has 0 amide bonds. The van der Waals surface area contributed by atoms with Gasteiger partial charge in [-0.05, 0) is 44.4 Å². The van der Waals surface area contributed by atoms with E-state index in [1.54, 1.807) is 12.5 Å². The van der Waals surface area contributed by atoms with E-state index in [1.165, 1.54) is 44.9 Å². The van der Waals surface area contributed by atoms with Crippen LogP contribution in [0, 0.1) is 11.8 Å². The molecular formula is C32H54N6O4. The molecule has 0 aliphatic carbocycles. The molecule has 0 fully saturated rings. The summed E-state index contributed by atoms with van der Waals surface area (Å²) in [7, 11) is 0. The number of carbonyl (C=O) groups excluding carboxylic acids is 2. The maximum atomic E-state index is 12.5. The van der Waals surface area contributed by atoms with E-state index in [0.717, 1.165) is 32.1 Å². The van der Waals surface area contributed by atoms with Crippen LogP contribution in [0.2, 0.25) is 0 Å². The van der Waals surface area contributed by atoms with Gasteiger partial charge in [-0.25, -0.2) is 9.97 Å². The van der Waals surface area contributed by atoms with Crippen LogP contribution in [0.5, 0.6) is 0 Å². The number of hydrogen-bond donors (Lipinski definition) is 2. The maximum Gasteiger partial charge on any atom is 0.323 e. The summed E-state index contributed by atoms with van der Waals surface area (Å²) in [5, 5.41) is 0. The average molecular weight is 587 g/mol. The summed E-state index contributed by atoms with van der Waals surface area (Å²) < 4.78 is 13.0. The van der Waals surface area contributed by atoms with Crippen molar-refractivity contribution in [2.75, 3.05) is 18.9 Å². The Kier molecular flexibility index (Phi) is 17.4. The van der Waals surface area contributed by atoms with E-state index in [0.29, 0.717) is 30.6 Å². The van der Waals surface area contributed by atoms with Crippen LogP contribution in [-0.2, 0) is 25.6 Å². The van der Waals surface area contributed by atoms with Gasteiger partial charge in [-0.1, -0.05) is 77.9 Å². The van der Waals surface area contributed by atoms with Gasteiger partial charge < -0.3 is 25.5 Å². The highest BCUT2D eigenvalue weighted by Gasteiger charge is 2.22. The number of allylic oxidation sites excluding steroid dienone is 2. The number of nitrogens with zero attached hydrogens (tertiary/aromatic N) is 4. The lowest BCUT2D eigenvalue weighted by Gasteiger charge is -2.20. The predicted molar refractivity (Wildman–Crippen MR) is 167 cm³/mol. The summed E-state index contributed by atoms with van der Waals surface area (Å²) in [5.41, 5.74) is 13.0. The molecule has 42 heavy (non-hydrogen) atoms. The van der Waals surface area contributed by atoms with E-state index in [2.05, 4.69) is 34.0 Å². The smallest absolute Gasteiger partial charge is 0.323 e. The zero-order valence-electron chi connectivity index (χ0n) is 26.1. The van der Waals surface area contributed by atoms with Crippen molar-refractivity contribution in [3.05, 3.63) is 24.7 Å². The minimum absolute atomic E-state index is 0.0404. The Balaban J connectivity index is 1.74. The van der Waals surface area contributed by atoms with E-state index in [1.807, 2.05) is 18.4 Å². The van der Waals surface area contributed by atoms with Crippen LogP contribution in [0.25, 0.3) is 11.2 Å². The highest BCUT2D eigenvalue weighted by Crippen LogP contribution is 2.17. The Morgan fingerprint density at radius 1 is 0.976 bits per heavy atom. The number of imidazole rings is 1. The topological polar surface area (TPSA) is 148 Å². The molecule has 0 aliphatic heterocycles. The molecule has 0 radical (unpaired) electrons. The van der Waals surface area contributed by atoms with Crippen molar-refractivity contribution >= 4 is 29.1 Å². The first-order chi connectivity index (χ1) is 20.3. The van der Waals surface area contributed by atoms with Crippen molar-refractivity contribution in [1.29, 1.82) is 0 Å². The molecule has 0 aromatic carbocycles. The Hall–Kier alpha value is -3.01. The van der Waals surface area contributed by atoms with Gasteiger partial charge in [0.05, 0.1) is 25.7 Å². The van der Waals surface area contributed by atoms with Gasteiger partial charge in [-0.2, -0.15) is 4.98 Å². The highest BCUT2D eigenvalue weighted by molar-refractivity contribution is 5.75. The second-order valence-corrected chi connectivity index (χ2v) is 11.4. The summed E-state index contributed by atoms with van der Waals surface area (Å²) in [6, 6.07) is -0.652. The van der Waals surface area contributed by atoms with Crippen molar-refractivity contribution in [3.8, 4) is 0 Å². The molecule has 0 saturated carbocycles. The van der Waals surface area contributed by atoms with Crippen molar-refractivity contribution < 1.29 is 19.1 Å². The van der Waals surface area contributed by atoms with Gasteiger partial charge in [0, 0.05) is 18.9 Å². The van der Waals surface area contributed by atoms with E-state index in [4.69, 9.17) is 20.9 Å². The molecule has 10 nitrogen and oxygen atoms in total. The fourth-order valence-electron chi connectivity index (χ4n) is 4.69. The molecule has 0 spiro atoms. The molecule has 0 saturated heterocycles. The molecule has 4 N–H and O–H groups in total. The summed E-state index contributed by atoms with van der Waals surface area (Å²) in [4.78, 5) is 37.5. The number of nitrogens with two attached hydrogens (primary N) is 2. The fourth-order valence-corrected chi connectivity index (χ4v) is 4.69. The Labute approximate surface area is 252 Å². The average Bonchev–Trinajstić information content (AvgIpc) is 3.38. The molecule has 0 bridgehead atoms. The van der Waals surface area contributed by atoms with Gasteiger partial charge in [0.1, 0.15) is 11.6 Å². The number of fused-ring (bicyclic) bond motifs is 1. The summed E-state index contributed by atoms with van der Waals surface area (Å²) >= 11 is 0. The molecule has 0 aliphatic rings. The van der Waals surface area contributed by atoms with Crippen LogP contribution in [0.15, 0.2) is 24.7 Å². The Bertz CT molecular complexity index is 1070.